The van der Waals surface area contributed by atoms with Gasteiger partial charge >= 0.3 is 0 Å². The molecule has 3 aromatic carbocycles. The second-order valence-electron chi connectivity index (χ2n) is 8.75. The number of anilines is 1. The molecular weight excluding hydrogens is 538 g/mol. The average molecular weight is 566 g/mol. The number of carbonyl (C=O) groups excluding carboxylic acids is 1. The van der Waals surface area contributed by atoms with Crippen molar-refractivity contribution >= 4 is 42.4 Å². The van der Waals surface area contributed by atoms with Gasteiger partial charge in [-0.1, -0.05) is 30.4 Å². The molecule has 0 radical (unpaired) electrons. The van der Waals surface area contributed by atoms with Crippen LogP contribution in [0.5, 0.6) is 17.2 Å². The molecule has 39 heavy (non-hydrogen) atoms. The SMILES string of the molecule is CCS(=O)(=O)c1ccc(C(Oc2ccc(C#N)cc2)C(=O)Nc2nc3cc(OC(C)C)c(OC)cc3s2)cc1. The highest BCUT2D eigenvalue weighted by Gasteiger charge is 2.25. The number of aromatic nitrogens is 1. The second-order valence-corrected chi connectivity index (χ2v) is 12.1. The standard InChI is InChI=1S/C28H27N3O6S2/c1-5-39(33,34)21-12-8-19(9-13-21)26(37-20-10-6-18(16-29)7-11-20)27(32)31-28-30-22-14-24(36-17(2)3)23(35-4)15-25(22)38-28/h6-15,17,26H,5H2,1-4H3,(H,30,31,32). The van der Waals surface area contributed by atoms with Gasteiger partial charge in [0.15, 0.2) is 26.5 Å². The van der Waals surface area contributed by atoms with Gasteiger partial charge in [0.25, 0.3) is 5.91 Å². The fourth-order valence-electron chi connectivity index (χ4n) is 3.70. The minimum absolute atomic E-state index is 0.0374. The number of nitrogens with zero attached hydrogens (tertiary/aromatic N) is 2. The summed E-state index contributed by atoms with van der Waals surface area (Å²) in [5.41, 5.74) is 1.52. The second kappa shape index (κ2) is 11.7. The molecule has 202 valence electrons. The van der Waals surface area contributed by atoms with Crippen molar-refractivity contribution in [2.45, 2.75) is 37.9 Å². The molecule has 0 fully saturated rings. The van der Waals surface area contributed by atoms with E-state index in [1.54, 1.807) is 62.6 Å². The number of rotatable bonds is 10. The Balaban J connectivity index is 1.65. The van der Waals surface area contributed by atoms with E-state index in [9.17, 15) is 13.2 Å². The zero-order valence-corrected chi connectivity index (χ0v) is 23.4. The summed E-state index contributed by atoms with van der Waals surface area (Å²) in [7, 11) is -1.85. The van der Waals surface area contributed by atoms with Crippen molar-refractivity contribution in [2.75, 3.05) is 18.2 Å². The van der Waals surface area contributed by atoms with Gasteiger partial charge in [-0.05, 0) is 50.2 Å². The van der Waals surface area contributed by atoms with Crippen LogP contribution >= 0.6 is 11.3 Å². The van der Waals surface area contributed by atoms with Gasteiger partial charge in [0.1, 0.15) is 5.75 Å². The number of thiazole rings is 1. The van der Waals surface area contributed by atoms with Gasteiger partial charge in [-0.3, -0.25) is 10.1 Å². The van der Waals surface area contributed by atoms with Gasteiger partial charge in [0.05, 0.1) is 45.7 Å². The van der Waals surface area contributed by atoms with E-state index in [0.717, 1.165) is 4.70 Å². The van der Waals surface area contributed by atoms with Crippen LogP contribution in [-0.2, 0) is 14.6 Å². The van der Waals surface area contributed by atoms with Crippen molar-refractivity contribution in [3.8, 4) is 23.3 Å². The smallest absolute Gasteiger partial charge is 0.271 e. The number of amides is 1. The van der Waals surface area contributed by atoms with Gasteiger partial charge < -0.3 is 14.2 Å². The Bertz CT molecular complexity index is 1620. The zero-order chi connectivity index (χ0) is 28.2. The molecule has 0 bridgehead atoms. The minimum Gasteiger partial charge on any atom is -0.493 e. The molecule has 1 unspecified atom stereocenters. The number of nitrogens with one attached hydrogen (secondary N) is 1. The Morgan fingerprint density at radius 2 is 1.74 bits per heavy atom. The van der Waals surface area contributed by atoms with E-state index in [2.05, 4.69) is 10.3 Å². The number of hydrogen-bond donors (Lipinski definition) is 1. The molecule has 0 saturated heterocycles. The number of methoxy groups -OCH3 is 1. The van der Waals surface area contributed by atoms with Crippen molar-refractivity contribution in [2.24, 2.45) is 0 Å². The third-order valence-corrected chi connectivity index (χ3v) is 8.35. The number of carbonyl (C=O) groups is 1. The van der Waals surface area contributed by atoms with Crippen molar-refractivity contribution < 1.29 is 27.4 Å². The lowest BCUT2D eigenvalue weighted by molar-refractivity contribution is -0.123. The van der Waals surface area contributed by atoms with Crippen LogP contribution in [0, 0.1) is 11.3 Å². The van der Waals surface area contributed by atoms with E-state index in [-0.39, 0.29) is 16.8 Å². The number of ether oxygens (including phenoxy) is 3. The molecule has 1 heterocycles. The van der Waals surface area contributed by atoms with Crippen LogP contribution in [0.2, 0.25) is 0 Å². The lowest BCUT2D eigenvalue weighted by Gasteiger charge is -2.19. The highest BCUT2D eigenvalue weighted by molar-refractivity contribution is 7.91. The first kappa shape index (κ1) is 27.9. The van der Waals surface area contributed by atoms with Crippen LogP contribution in [0.1, 0.15) is 38.0 Å². The first-order valence-corrected chi connectivity index (χ1v) is 14.6. The summed E-state index contributed by atoms with van der Waals surface area (Å²) in [6, 6.07) is 18.0. The van der Waals surface area contributed by atoms with Crippen molar-refractivity contribution in [3.05, 3.63) is 71.8 Å². The Morgan fingerprint density at radius 3 is 2.33 bits per heavy atom. The molecule has 1 amide bonds. The fourth-order valence-corrected chi connectivity index (χ4v) is 5.46. The molecular formula is C28H27N3O6S2. The predicted octanol–water partition coefficient (Wildman–Crippen LogP) is 5.52. The molecule has 11 heteroatoms. The number of benzene rings is 3. The molecule has 0 spiro atoms. The fraction of sp³-hybridized carbons (Fsp3) is 0.250. The molecule has 0 aliphatic rings. The maximum atomic E-state index is 13.5. The molecule has 4 rings (SSSR count). The minimum atomic E-state index is -3.41. The molecule has 1 N–H and O–H groups in total. The van der Waals surface area contributed by atoms with Crippen molar-refractivity contribution in [1.29, 1.82) is 5.26 Å². The molecule has 0 aliphatic carbocycles. The van der Waals surface area contributed by atoms with E-state index in [1.165, 1.54) is 23.5 Å². The number of hydrogen-bond acceptors (Lipinski definition) is 9. The first-order valence-electron chi connectivity index (χ1n) is 12.1. The first-order chi connectivity index (χ1) is 18.6. The lowest BCUT2D eigenvalue weighted by Crippen LogP contribution is -2.25. The summed E-state index contributed by atoms with van der Waals surface area (Å²) < 4.78 is 42.6. The topological polar surface area (TPSA) is 128 Å². The summed E-state index contributed by atoms with van der Waals surface area (Å²) in [5.74, 6) is 0.929. The van der Waals surface area contributed by atoms with E-state index < -0.39 is 21.8 Å². The van der Waals surface area contributed by atoms with E-state index >= 15 is 0 Å². The van der Waals surface area contributed by atoms with E-state index in [0.29, 0.717) is 39.0 Å². The summed E-state index contributed by atoms with van der Waals surface area (Å²) in [6.07, 6.45) is -1.19. The highest BCUT2D eigenvalue weighted by Crippen LogP contribution is 2.37. The largest absolute Gasteiger partial charge is 0.493 e. The van der Waals surface area contributed by atoms with Gasteiger partial charge in [-0.25, -0.2) is 13.4 Å². The van der Waals surface area contributed by atoms with Gasteiger partial charge in [0, 0.05) is 17.7 Å². The Labute approximate surface area is 230 Å². The maximum Gasteiger partial charge on any atom is 0.271 e. The molecule has 4 aromatic rings. The summed E-state index contributed by atoms with van der Waals surface area (Å²) in [5, 5.41) is 12.2. The van der Waals surface area contributed by atoms with Gasteiger partial charge in [-0.2, -0.15) is 5.26 Å². The lowest BCUT2D eigenvalue weighted by atomic mass is 10.1. The maximum absolute atomic E-state index is 13.5. The van der Waals surface area contributed by atoms with Gasteiger partial charge in [0.2, 0.25) is 6.10 Å². The van der Waals surface area contributed by atoms with Crippen molar-refractivity contribution in [1.82, 2.24) is 4.98 Å². The summed E-state index contributed by atoms with van der Waals surface area (Å²) >= 11 is 1.27. The number of sulfone groups is 1. The van der Waals surface area contributed by atoms with E-state index in [4.69, 9.17) is 19.5 Å². The van der Waals surface area contributed by atoms with Crippen molar-refractivity contribution in [3.63, 3.8) is 0 Å². The molecule has 0 saturated carbocycles. The normalized spacial score (nSPS) is 12.1. The quantitative estimate of drug-likeness (QED) is 0.266. The molecule has 1 aromatic heterocycles. The third kappa shape index (κ3) is 6.47. The van der Waals surface area contributed by atoms with Crippen LogP contribution in [0.15, 0.2) is 65.6 Å². The Kier molecular flexibility index (Phi) is 8.38. The molecule has 0 aliphatic heterocycles. The number of nitriles is 1. The zero-order valence-electron chi connectivity index (χ0n) is 21.8. The van der Waals surface area contributed by atoms with Crippen LogP contribution in [0.3, 0.4) is 0 Å². The molecule has 1 atom stereocenters. The summed E-state index contributed by atoms with van der Waals surface area (Å²) in [6.45, 7) is 5.39. The van der Waals surface area contributed by atoms with Crippen LogP contribution in [0.25, 0.3) is 10.2 Å². The third-order valence-electron chi connectivity index (χ3n) is 5.66. The van der Waals surface area contributed by atoms with Crippen LogP contribution in [0.4, 0.5) is 5.13 Å². The predicted molar refractivity (Wildman–Crippen MR) is 149 cm³/mol. The van der Waals surface area contributed by atoms with Crippen LogP contribution < -0.4 is 19.5 Å². The average Bonchev–Trinajstić information content (AvgIpc) is 3.32. The number of fused-ring (bicyclic) bond motifs is 1. The Morgan fingerprint density at radius 1 is 1.05 bits per heavy atom. The monoisotopic (exact) mass is 565 g/mol. The Hall–Kier alpha value is -4.14. The molecule has 9 nitrogen and oxygen atoms in total. The van der Waals surface area contributed by atoms with E-state index in [1.807, 2.05) is 19.9 Å². The summed E-state index contributed by atoms with van der Waals surface area (Å²) in [4.78, 5) is 18.2. The van der Waals surface area contributed by atoms with Crippen LogP contribution in [-0.4, -0.2) is 38.3 Å². The highest BCUT2D eigenvalue weighted by atomic mass is 32.2. The van der Waals surface area contributed by atoms with Gasteiger partial charge in [-0.15, -0.1) is 0 Å².